The van der Waals surface area contributed by atoms with Gasteiger partial charge in [0.25, 0.3) is 0 Å². The minimum absolute atomic E-state index is 0.598. The van der Waals surface area contributed by atoms with E-state index in [0.717, 1.165) is 71.5 Å². The van der Waals surface area contributed by atoms with Crippen LogP contribution in [0.15, 0.2) is 174 Å². The molecule has 12 aromatic rings. The molecule has 0 bridgehead atoms. The topological polar surface area (TPSA) is 56.7 Å². The predicted octanol–water partition coefficient (Wildman–Crippen LogP) is 13.4. The lowest BCUT2D eigenvalue weighted by Crippen LogP contribution is -2.01. The normalized spacial score (nSPS) is 12.0. The number of furan rings is 1. The second-order valence-corrected chi connectivity index (χ2v) is 15.0. The quantitative estimate of drug-likeness (QED) is 0.182. The number of hydrogen-bond donors (Lipinski definition) is 0. The Morgan fingerprint density at radius 3 is 1.82 bits per heavy atom. The first-order chi connectivity index (χ1) is 27.3. The van der Waals surface area contributed by atoms with Gasteiger partial charge in [0.2, 0.25) is 0 Å². The maximum Gasteiger partial charge on any atom is 0.164 e. The van der Waals surface area contributed by atoms with Crippen LogP contribution in [0.4, 0.5) is 0 Å². The lowest BCUT2D eigenvalue weighted by atomic mass is 9.99. The van der Waals surface area contributed by atoms with Gasteiger partial charge < -0.3 is 8.98 Å². The molecule has 5 nitrogen and oxygen atoms in total. The molecule has 8 aromatic carbocycles. The van der Waals surface area contributed by atoms with Crippen molar-refractivity contribution in [2.75, 3.05) is 0 Å². The van der Waals surface area contributed by atoms with Crippen LogP contribution in [0, 0.1) is 0 Å². The Balaban J connectivity index is 1.19. The van der Waals surface area contributed by atoms with E-state index in [1.54, 1.807) is 11.3 Å². The number of nitrogens with zero attached hydrogens (tertiary/aromatic N) is 4. The molecule has 0 aliphatic carbocycles. The van der Waals surface area contributed by atoms with Crippen molar-refractivity contribution in [1.29, 1.82) is 0 Å². The lowest BCUT2D eigenvalue weighted by Gasteiger charge is -2.11. The van der Waals surface area contributed by atoms with Crippen molar-refractivity contribution in [1.82, 2.24) is 19.5 Å². The zero-order valence-electron chi connectivity index (χ0n) is 29.3. The van der Waals surface area contributed by atoms with Crippen molar-refractivity contribution in [3.05, 3.63) is 170 Å². The lowest BCUT2D eigenvalue weighted by molar-refractivity contribution is 0.670. The van der Waals surface area contributed by atoms with Crippen molar-refractivity contribution in [3.8, 4) is 39.9 Å². The van der Waals surface area contributed by atoms with Crippen LogP contribution >= 0.6 is 11.3 Å². The first-order valence-electron chi connectivity index (χ1n) is 18.4. The molecule has 0 spiro atoms. The van der Waals surface area contributed by atoms with E-state index in [4.69, 9.17) is 19.4 Å². The molecule has 55 heavy (non-hydrogen) atoms. The average molecular weight is 721 g/mol. The molecule has 0 fully saturated rings. The number of fused-ring (bicyclic) bond motifs is 11. The summed E-state index contributed by atoms with van der Waals surface area (Å²) in [5, 5.41) is 8.85. The molecule has 0 aliphatic heterocycles. The van der Waals surface area contributed by atoms with E-state index < -0.39 is 0 Å². The average Bonchev–Trinajstić information content (AvgIpc) is 3.94. The molecule has 4 aromatic heterocycles. The number of benzene rings is 8. The Morgan fingerprint density at radius 2 is 1.02 bits per heavy atom. The van der Waals surface area contributed by atoms with E-state index in [-0.39, 0.29) is 0 Å². The summed E-state index contributed by atoms with van der Waals surface area (Å²) in [5.41, 5.74) is 7.68. The van der Waals surface area contributed by atoms with Crippen molar-refractivity contribution in [2.24, 2.45) is 0 Å². The fourth-order valence-electron chi connectivity index (χ4n) is 8.45. The maximum absolute atomic E-state index is 7.12. The van der Waals surface area contributed by atoms with Crippen molar-refractivity contribution in [2.45, 2.75) is 0 Å². The Labute approximate surface area is 318 Å². The predicted molar refractivity (Wildman–Crippen MR) is 228 cm³/mol. The number of thiophene rings is 1. The Morgan fingerprint density at radius 1 is 0.418 bits per heavy atom. The van der Waals surface area contributed by atoms with Crippen molar-refractivity contribution >= 4 is 86.0 Å². The van der Waals surface area contributed by atoms with E-state index >= 15 is 0 Å². The van der Waals surface area contributed by atoms with Gasteiger partial charge in [0.15, 0.2) is 23.1 Å². The highest BCUT2D eigenvalue weighted by Gasteiger charge is 2.24. The molecule has 256 valence electrons. The fraction of sp³-hybridized carbons (Fsp3) is 0. The maximum atomic E-state index is 7.12. The SMILES string of the molecule is c1ccc(-c2nc(-c3cccc4sc5ccccc5c34)nc(-c3cc4ccccc4c4oc5c(-n6c7ccccc7c7ccccc76)cccc5c34)n2)cc1. The smallest absolute Gasteiger partial charge is 0.164 e. The molecule has 0 unspecified atom stereocenters. The number of hydrogen-bond acceptors (Lipinski definition) is 5. The number of rotatable bonds is 4. The molecular weight excluding hydrogens is 693 g/mol. The molecule has 0 amide bonds. The minimum atomic E-state index is 0.598. The third kappa shape index (κ3) is 4.49. The van der Waals surface area contributed by atoms with Crippen LogP contribution < -0.4 is 0 Å². The summed E-state index contributed by atoms with van der Waals surface area (Å²) in [6.45, 7) is 0. The van der Waals surface area contributed by atoms with E-state index in [0.29, 0.717) is 17.5 Å². The third-order valence-corrected chi connectivity index (χ3v) is 12.0. The molecule has 6 heteroatoms. The molecule has 4 heterocycles. The van der Waals surface area contributed by atoms with Crippen LogP contribution in [0.3, 0.4) is 0 Å². The summed E-state index contributed by atoms with van der Waals surface area (Å²) < 4.78 is 11.9. The molecule has 0 atom stereocenters. The molecule has 12 rings (SSSR count). The van der Waals surface area contributed by atoms with E-state index in [1.807, 2.05) is 18.2 Å². The van der Waals surface area contributed by atoms with Gasteiger partial charge in [0, 0.05) is 63.8 Å². The largest absolute Gasteiger partial charge is 0.453 e. The van der Waals surface area contributed by atoms with Crippen LogP contribution in [-0.4, -0.2) is 19.5 Å². The second kappa shape index (κ2) is 11.7. The Kier molecular flexibility index (Phi) is 6.44. The van der Waals surface area contributed by atoms with Gasteiger partial charge in [-0.2, -0.15) is 0 Å². The van der Waals surface area contributed by atoms with Gasteiger partial charge in [-0.1, -0.05) is 133 Å². The van der Waals surface area contributed by atoms with E-state index in [2.05, 4.69) is 156 Å². The van der Waals surface area contributed by atoms with Gasteiger partial charge >= 0.3 is 0 Å². The molecule has 0 saturated carbocycles. The second-order valence-electron chi connectivity index (χ2n) is 13.9. The van der Waals surface area contributed by atoms with Crippen LogP contribution in [0.25, 0.3) is 115 Å². The number of aromatic nitrogens is 4. The van der Waals surface area contributed by atoms with Gasteiger partial charge in [-0.15, -0.1) is 11.3 Å². The Hall–Kier alpha value is -7.15. The third-order valence-electron chi connectivity index (χ3n) is 10.8. The highest BCUT2D eigenvalue weighted by Crippen LogP contribution is 2.45. The van der Waals surface area contributed by atoms with E-state index in [9.17, 15) is 0 Å². The van der Waals surface area contributed by atoms with E-state index in [1.165, 1.54) is 25.6 Å². The zero-order chi connectivity index (χ0) is 36.0. The minimum Gasteiger partial charge on any atom is -0.453 e. The van der Waals surface area contributed by atoms with Gasteiger partial charge in [-0.25, -0.2) is 15.0 Å². The Bertz CT molecular complexity index is 3450. The highest BCUT2D eigenvalue weighted by atomic mass is 32.1. The summed E-state index contributed by atoms with van der Waals surface area (Å²) in [6, 6.07) is 59.4. The van der Waals surface area contributed by atoms with Crippen LogP contribution in [0.1, 0.15) is 0 Å². The van der Waals surface area contributed by atoms with Gasteiger partial charge in [0.1, 0.15) is 5.58 Å². The van der Waals surface area contributed by atoms with Crippen molar-refractivity contribution < 1.29 is 4.42 Å². The summed E-state index contributed by atoms with van der Waals surface area (Å²) >= 11 is 1.79. The first kappa shape index (κ1) is 30.3. The first-order valence-corrected chi connectivity index (χ1v) is 19.2. The molecule has 0 radical (unpaired) electrons. The molecule has 0 saturated heterocycles. The van der Waals surface area contributed by atoms with Gasteiger partial charge in [0.05, 0.1) is 16.7 Å². The van der Waals surface area contributed by atoms with Gasteiger partial charge in [-0.3, -0.25) is 0 Å². The van der Waals surface area contributed by atoms with Crippen LogP contribution in [-0.2, 0) is 0 Å². The summed E-state index contributed by atoms with van der Waals surface area (Å²) in [6.07, 6.45) is 0. The standard InChI is InChI=1S/C49H28N4OS/c1-2-14-29(15-3-1)47-50-48(36-22-13-27-42-43(36)34-20-8-11-26-41(34)55-42)52-49(51-47)37-28-30-16-4-5-17-31(30)46-44(37)35-21-12-25-40(45(35)54-46)53-38-23-9-6-18-32(38)33-19-7-10-24-39(33)53/h1-28H. The molecule has 0 N–H and O–H groups in total. The van der Waals surface area contributed by atoms with Crippen molar-refractivity contribution in [3.63, 3.8) is 0 Å². The molecular formula is C49H28N4OS. The highest BCUT2D eigenvalue weighted by molar-refractivity contribution is 7.25. The van der Waals surface area contributed by atoms with Gasteiger partial charge in [-0.05, 0) is 41.8 Å². The van der Waals surface area contributed by atoms with Crippen LogP contribution in [0.5, 0.6) is 0 Å². The fourth-order valence-corrected chi connectivity index (χ4v) is 9.58. The monoisotopic (exact) mass is 720 g/mol. The summed E-state index contributed by atoms with van der Waals surface area (Å²) in [5.74, 6) is 1.86. The van der Waals surface area contributed by atoms with Crippen LogP contribution in [0.2, 0.25) is 0 Å². The summed E-state index contributed by atoms with van der Waals surface area (Å²) in [4.78, 5) is 15.8. The molecule has 0 aliphatic rings. The number of para-hydroxylation sites is 3. The zero-order valence-corrected chi connectivity index (χ0v) is 30.1. The summed E-state index contributed by atoms with van der Waals surface area (Å²) in [7, 11) is 0.